The van der Waals surface area contributed by atoms with Gasteiger partial charge in [0.1, 0.15) is 5.75 Å². The van der Waals surface area contributed by atoms with Crippen LogP contribution in [0.5, 0.6) is 5.75 Å². The maximum absolute atomic E-state index is 13.4. The molecule has 1 amide bonds. The minimum atomic E-state index is -0.911. The van der Waals surface area contributed by atoms with E-state index in [4.69, 9.17) is 4.74 Å². The molecule has 0 spiro atoms. The van der Waals surface area contributed by atoms with Gasteiger partial charge in [-0.2, -0.15) is 0 Å². The Bertz CT molecular complexity index is 1210. The number of anilines is 1. The van der Waals surface area contributed by atoms with Gasteiger partial charge >= 0.3 is 0 Å². The third-order valence-electron chi connectivity index (χ3n) is 6.11. The number of hydrogen-bond donors (Lipinski definition) is 1. The first-order valence-corrected chi connectivity index (χ1v) is 10.4. The Morgan fingerprint density at radius 1 is 0.839 bits per heavy atom. The van der Waals surface area contributed by atoms with Crippen LogP contribution in [0, 0.1) is 5.92 Å². The number of nitrogens with zero attached hydrogens (tertiary/aromatic N) is 1. The van der Waals surface area contributed by atoms with Crippen molar-refractivity contribution in [2.45, 2.75) is 12.1 Å². The molecule has 1 N–H and O–H groups in total. The zero-order valence-corrected chi connectivity index (χ0v) is 17.2. The predicted octanol–water partition coefficient (Wildman–Crippen LogP) is 5.29. The van der Waals surface area contributed by atoms with E-state index in [9.17, 15) is 9.90 Å². The Labute approximate surface area is 181 Å². The Balaban J connectivity index is 1.58. The lowest BCUT2D eigenvalue weighted by Gasteiger charge is -2.49. The van der Waals surface area contributed by atoms with E-state index < -0.39 is 12.0 Å². The van der Waals surface area contributed by atoms with Gasteiger partial charge < -0.3 is 14.7 Å². The summed E-state index contributed by atoms with van der Waals surface area (Å²) in [4.78, 5) is 15.1. The molecule has 3 unspecified atom stereocenters. The van der Waals surface area contributed by atoms with Gasteiger partial charge in [0.05, 0.1) is 25.2 Å². The molecule has 5 rings (SSSR count). The number of fused-ring (bicyclic) bond motifs is 1. The molecule has 1 fully saturated rings. The van der Waals surface area contributed by atoms with E-state index in [0.29, 0.717) is 0 Å². The van der Waals surface area contributed by atoms with Gasteiger partial charge in [0.15, 0.2) is 0 Å². The van der Waals surface area contributed by atoms with E-state index in [0.717, 1.165) is 33.3 Å². The zero-order valence-electron chi connectivity index (χ0n) is 17.2. The third kappa shape index (κ3) is 3.25. The van der Waals surface area contributed by atoms with Crippen molar-refractivity contribution in [2.75, 3.05) is 12.0 Å². The summed E-state index contributed by atoms with van der Waals surface area (Å²) >= 11 is 0. The largest absolute Gasteiger partial charge is 0.497 e. The van der Waals surface area contributed by atoms with Crippen LogP contribution in [-0.4, -0.2) is 18.1 Å². The highest BCUT2D eigenvalue weighted by Crippen LogP contribution is 2.49. The lowest BCUT2D eigenvalue weighted by Crippen LogP contribution is -2.57. The number of carbonyl (C=O) groups excluding carboxylic acids is 1. The fraction of sp³-hybridized carbons (Fsp3) is 0.148. The highest BCUT2D eigenvalue weighted by Gasteiger charge is 2.52. The molecule has 1 heterocycles. The molecule has 3 atom stereocenters. The monoisotopic (exact) mass is 409 g/mol. The van der Waals surface area contributed by atoms with Crippen LogP contribution in [0.3, 0.4) is 0 Å². The molecule has 4 nitrogen and oxygen atoms in total. The molecule has 0 saturated carbocycles. The second-order valence-electron chi connectivity index (χ2n) is 7.80. The van der Waals surface area contributed by atoms with Crippen molar-refractivity contribution in [1.82, 2.24) is 0 Å². The van der Waals surface area contributed by atoms with Crippen LogP contribution in [0.1, 0.15) is 23.3 Å². The lowest BCUT2D eigenvalue weighted by molar-refractivity contribution is -0.136. The van der Waals surface area contributed by atoms with Gasteiger partial charge in [0.2, 0.25) is 5.91 Å². The lowest BCUT2D eigenvalue weighted by atomic mass is 9.75. The highest BCUT2D eigenvalue weighted by atomic mass is 16.5. The van der Waals surface area contributed by atoms with Crippen LogP contribution in [0.15, 0.2) is 97.1 Å². The summed E-state index contributed by atoms with van der Waals surface area (Å²) in [7, 11) is 1.63. The van der Waals surface area contributed by atoms with Crippen LogP contribution in [0.25, 0.3) is 10.8 Å². The van der Waals surface area contributed by atoms with Gasteiger partial charge in [-0.15, -0.1) is 0 Å². The summed E-state index contributed by atoms with van der Waals surface area (Å²) in [6.07, 6.45) is -0.911. The van der Waals surface area contributed by atoms with Crippen LogP contribution in [0.2, 0.25) is 0 Å². The number of amides is 1. The quantitative estimate of drug-likeness (QED) is 0.456. The van der Waals surface area contributed by atoms with Gasteiger partial charge in [0, 0.05) is 5.69 Å². The topological polar surface area (TPSA) is 49.8 Å². The Morgan fingerprint density at radius 3 is 2.26 bits per heavy atom. The number of para-hydroxylation sites is 1. The number of hydrogen-bond acceptors (Lipinski definition) is 3. The second-order valence-corrected chi connectivity index (χ2v) is 7.80. The standard InChI is InChI=1S/C27H23NO3/c1-31-21-16-14-19(15-17-21)25-24(27(30)28(25)20-10-3-2-4-11-20)26(29)23-13-7-9-18-8-5-6-12-22(18)23/h2-17,24-26,29H,1H3. The molecule has 4 aromatic rings. The summed E-state index contributed by atoms with van der Waals surface area (Å²) in [5.41, 5.74) is 2.57. The SMILES string of the molecule is COc1ccc(C2C(C(O)c3cccc4ccccc34)C(=O)N2c2ccccc2)cc1. The molecule has 1 saturated heterocycles. The number of carbonyl (C=O) groups is 1. The molecule has 0 bridgehead atoms. The van der Waals surface area contributed by atoms with Crippen molar-refractivity contribution in [2.24, 2.45) is 5.92 Å². The van der Waals surface area contributed by atoms with E-state index in [1.165, 1.54) is 0 Å². The molecule has 1 aliphatic heterocycles. The number of β-lactam (4-membered cyclic amide) rings is 1. The Morgan fingerprint density at radius 2 is 1.52 bits per heavy atom. The van der Waals surface area contributed by atoms with Crippen molar-refractivity contribution in [1.29, 1.82) is 0 Å². The van der Waals surface area contributed by atoms with Crippen LogP contribution in [-0.2, 0) is 4.79 Å². The summed E-state index contributed by atoms with van der Waals surface area (Å²) < 4.78 is 5.30. The molecular weight excluding hydrogens is 386 g/mol. The number of rotatable bonds is 5. The average Bonchev–Trinajstić information content (AvgIpc) is 2.83. The highest BCUT2D eigenvalue weighted by molar-refractivity contribution is 6.04. The summed E-state index contributed by atoms with van der Waals surface area (Å²) in [5, 5.41) is 13.5. The van der Waals surface area contributed by atoms with Gasteiger partial charge in [-0.25, -0.2) is 0 Å². The fourth-order valence-electron chi connectivity index (χ4n) is 4.55. The number of ether oxygens (including phenoxy) is 1. The van der Waals surface area contributed by atoms with Crippen molar-refractivity contribution < 1.29 is 14.6 Å². The molecule has 0 aliphatic carbocycles. The second kappa shape index (κ2) is 7.89. The van der Waals surface area contributed by atoms with Crippen LogP contribution in [0.4, 0.5) is 5.69 Å². The molecule has 0 aromatic heterocycles. The van der Waals surface area contributed by atoms with E-state index >= 15 is 0 Å². The number of aliphatic hydroxyl groups is 1. The first-order valence-electron chi connectivity index (χ1n) is 10.4. The van der Waals surface area contributed by atoms with Crippen molar-refractivity contribution in [3.05, 3.63) is 108 Å². The van der Waals surface area contributed by atoms with Gasteiger partial charge in [-0.1, -0.05) is 72.8 Å². The maximum Gasteiger partial charge on any atom is 0.236 e. The minimum Gasteiger partial charge on any atom is -0.497 e. The van der Waals surface area contributed by atoms with Gasteiger partial charge in [-0.05, 0) is 46.2 Å². The van der Waals surface area contributed by atoms with Crippen molar-refractivity contribution in [3.8, 4) is 5.75 Å². The number of benzene rings is 4. The van der Waals surface area contributed by atoms with E-state index in [1.54, 1.807) is 12.0 Å². The first-order chi connectivity index (χ1) is 15.2. The van der Waals surface area contributed by atoms with Gasteiger partial charge in [0.25, 0.3) is 0 Å². The molecule has 4 aromatic carbocycles. The molecule has 1 aliphatic rings. The number of methoxy groups -OCH3 is 1. The molecule has 4 heteroatoms. The molecular formula is C27H23NO3. The van der Waals surface area contributed by atoms with Crippen molar-refractivity contribution >= 4 is 22.4 Å². The van der Waals surface area contributed by atoms with Gasteiger partial charge in [-0.3, -0.25) is 4.79 Å². The summed E-state index contributed by atoms with van der Waals surface area (Å²) in [5.74, 6) is 0.110. The first kappa shape index (κ1) is 19.3. The summed E-state index contributed by atoms with van der Waals surface area (Å²) in [6, 6.07) is 30.9. The van der Waals surface area contributed by atoms with E-state index in [-0.39, 0.29) is 11.9 Å². The normalized spacial score (nSPS) is 19.2. The zero-order chi connectivity index (χ0) is 21.4. The third-order valence-corrected chi connectivity index (χ3v) is 6.11. The van der Waals surface area contributed by atoms with Crippen molar-refractivity contribution in [3.63, 3.8) is 0 Å². The van der Waals surface area contributed by atoms with E-state index in [2.05, 4.69) is 0 Å². The summed E-state index contributed by atoms with van der Waals surface area (Å²) in [6.45, 7) is 0. The van der Waals surface area contributed by atoms with Crippen LogP contribution >= 0.6 is 0 Å². The maximum atomic E-state index is 13.4. The fourth-order valence-corrected chi connectivity index (χ4v) is 4.55. The molecule has 31 heavy (non-hydrogen) atoms. The van der Waals surface area contributed by atoms with Crippen LogP contribution < -0.4 is 9.64 Å². The molecule has 154 valence electrons. The predicted molar refractivity (Wildman–Crippen MR) is 122 cm³/mol. The Hall–Kier alpha value is -3.63. The average molecular weight is 409 g/mol. The number of aliphatic hydroxyl groups excluding tert-OH is 1. The minimum absolute atomic E-state index is 0.0764. The smallest absolute Gasteiger partial charge is 0.236 e. The van der Waals surface area contributed by atoms with E-state index in [1.807, 2.05) is 97.1 Å². The molecule has 0 radical (unpaired) electrons. The Kier molecular flexibility index (Phi) is 4.92.